The fraction of sp³-hybridized carbons (Fsp3) is 0.833. The fourth-order valence-corrected chi connectivity index (χ4v) is 2.93. The Balaban J connectivity index is 0.000000396. The molecule has 1 saturated heterocycles. The van der Waals surface area contributed by atoms with Crippen LogP contribution in [0.5, 0.6) is 0 Å². The van der Waals surface area contributed by atoms with E-state index in [2.05, 4.69) is 32.3 Å². The van der Waals surface area contributed by atoms with Gasteiger partial charge in [0, 0.05) is 12.1 Å². The van der Waals surface area contributed by atoms with Crippen LogP contribution in [-0.4, -0.2) is 12.1 Å². The summed E-state index contributed by atoms with van der Waals surface area (Å²) >= 11 is 0. The predicted molar refractivity (Wildman–Crippen MR) is 58.8 cm³/mol. The highest BCUT2D eigenvalue weighted by Crippen LogP contribution is 2.46. The van der Waals surface area contributed by atoms with Gasteiger partial charge in [-0.05, 0) is 31.1 Å². The minimum Gasteiger partial charge on any atom is -0.311 e. The molecule has 3 atom stereocenters. The van der Waals surface area contributed by atoms with Crippen molar-refractivity contribution in [3.8, 4) is 0 Å². The zero-order chi connectivity index (χ0) is 9.90. The number of nitrogens with one attached hydrogen (secondary N) is 1. The summed E-state index contributed by atoms with van der Waals surface area (Å²) in [6.07, 6.45) is 7.07. The van der Waals surface area contributed by atoms with Crippen molar-refractivity contribution in [2.75, 3.05) is 0 Å². The molecule has 13 heavy (non-hydrogen) atoms. The van der Waals surface area contributed by atoms with Crippen LogP contribution in [0.4, 0.5) is 0 Å². The molecule has 0 amide bonds. The van der Waals surface area contributed by atoms with Gasteiger partial charge in [-0.25, -0.2) is 0 Å². The molecule has 0 bridgehead atoms. The summed E-state index contributed by atoms with van der Waals surface area (Å²) < 4.78 is 0. The number of hydrogen-bond donors (Lipinski definition) is 1. The number of rotatable bonds is 1. The van der Waals surface area contributed by atoms with Gasteiger partial charge in [-0.15, -0.1) is 13.2 Å². The third kappa shape index (κ3) is 1.96. The zero-order valence-corrected chi connectivity index (χ0v) is 9.10. The van der Waals surface area contributed by atoms with E-state index in [4.69, 9.17) is 0 Å². The normalized spacial score (nSPS) is 42.3. The van der Waals surface area contributed by atoms with Crippen LogP contribution in [0.15, 0.2) is 13.2 Å². The molecule has 0 aromatic heterocycles. The van der Waals surface area contributed by atoms with E-state index in [1.807, 2.05) is 0 Å². The van der Waals surface area contributed by atoms with Crippen LogP contribution in [0.1, 0.15) is 46.0 Å². The van der Waals surface area contributed by atoms with Gasteiger partial charge < -0.3 is 5.32 Å². The average Bonchev–Trinajstić information content (AvgIpc) is 2.62. The third-order valence-corrected chi connectivity index (χ3v) is 3.72. The van der Waals surface area contributed by atoms with Crippen LogP contribution in [0.2, 0.25) is 0 Å². The highest BCUT2D eigenvalue weighted by Gasteiger charge is 2.45. The molecule has 1 heterocycles. The molecule has 76 valence electrons. The van der Waals surface area contributed by atoms with E-state index >= 15 is 0 Å². The van der Waals surface area contributed by atoms with E-state index in [0.717, 1.165) is 12.1 Å². The van der Waals surface area contributed by atoms with E-state index < -0.39 is 0 Å². The van der Waals surface area contributed by atoms with Crippen molar-refractivity contribution in [1.29, 1.82) is 0 Å². The second-order valence-corrected chi connectivity index (χ2v) is 4.57. The fourth-order valence-electron chi connectivity index (χ4n) is 2.93. The predicted octanol–water partition coefficient (Wildman–Crippen LogP) is 3.12. The Morgan fingerprint density at radius 1 is 1.46 bits per heavy atom. The van der Waals surface area contributed by atoms with Gasteiger partial charge in [-0.1, -0.05) is 20.3 Å². The van der Waals surface area contributed by atoms with E-state index in [0.29, 0.717) is 5.41 Å². The molecule has 2 aliphatic rings. The van der Waals surface area contributed by atoms with Gasteiger partial charge in [0.25, 0.3) is 0 Å². The standard InChI is InChI=1S/C10H19N.C2H4/c1-3-8-7-10(2)6-4-5-9(10)11-8;1-2/h8-9,11H,3-7H2,1-2H3;1-2H2. The molecule has 0 radical (unpaired) electrons. The van der Waals surface area contributed by atoms with Crippen LogP contribution >= 0.6 is 0 Å². The molecule has 0 spiro atoms. The molecule has 0 aromatic carbocycles. The summed E-state index contributed by atoms with van der Waals surface area (Å²) in [6.45, 7) is 10.8. The summed E-state index contributed by atoms with van der Waals surface area (Å²) in [7, 11) is 0. The smallest absolute Gasteiger partial charge is 0.0124 e. The van der Waals surface area contributed by atoms with E-state index in [1.165, 1.54) is 32.1 Å². The topological polar surface area (TPSA) is 12.0 Å². The Hall–Kier alpha value is -0.300. The van der Waals surface area contributed by atoms with Crippen molar-refractivity contribution in [2.45, 2.75) is 58.0 Å². The van der Waals surface area contributed by atoms with Gasteiger partial charge in [-0.3, -0.25) is 0 Å². The van der Waals surface area contributed by atoms with Crippen molar-refractivity contribution in [3.05, 3.63) is 13.2 Å². The Kier molecular flexibility index (Phi) is 3.55. The molecule has 0 aromatic rings. The zero-order valence-electron chi connectivity index (χ0n) is 9.10. The highest BCUT2D eigenvalue weighted by atomic mass is 15.0. The lowest BCUT2D eigenvalue weighted by Crippen LogP contribution is -2.31. The van der Waals surface area contributed by atoms with Crippen molar-refractivity contribution >= 4 is 0 Å². The lowest BCUT2D eigenvalue weighted by atomic mass is 9.83. The minimum atomic E-state index is 0.667. The molecule has 1 aliphatic carbocycles. The summed E-state index contributed by atoms with van der Waals surface area (Å²) in [5.74, 6) is 0. The quantitative estimate of drug-likeness (QED) is 0.613. The minimum absolute atomic E-state index is 0.667. The average molecular weight is 181 g/mol. The molecule has 1 aliphatic heterocycles. The van der Waals surface area contributed by atoms with Crippen LogP contribution < -0.4 is 5.32 Å². The van der Waals surface area contributed by atoms with Crippen molar-refractivity contribution in [3.63, 3.8) is 0 Å². The van der Waals surface area contributed by atoms with Crippen molar-refractivity contribution < 1.29 is 0 Å². The maximum Gasteiger partial charge on any atom is 0.0124 e. The largest absolute Gasteiger partial charge is 0.311 e. The van der Waals surface area contributed by atoms with Gasteiger partial charge in [0.2, 0.25) is 0 Å². The molecule has 1 heteroatoms. The maximum atomic E-state index is 3.74. The molecule has 3 unspecified atom stereocenters. The Morgan fingerprint density at radius 3 is 2.69 bits per heavy atom. The molecular formula is C12H23N. The molecular weight excluding hydrogens is 158 g/mol. The SMILES string of the molecule is C=C.CCC1CC2(C)CCCC2N1. The summed E-state index contributed by atoms with van der Waals surface area (Å²) in [5, 5.41) is 3.74. The monoisotopic (exact) mass is 181 g/mol. The highest BCUT2D eigenvalue weighted by molar-refractivity contribution is 5.02. The Bertz CT molecular complexity index is 167. The second-order valence-electron chi connectivity index (χ2n) is 4.57. The maximum absolute atomic E-state index is 3.74. The molecule has 1 saturated carbocycles. The van der Waals surface area contributed by atoms with Gasteiger partial charge in [0.05, 0.1) is 0 Å². The molecule has 2 rings (SSSR count). The number of hydrogen-bond acceptors (Lipinski definition) is 1. The van der Waals surface area contributed by atoms with Crippen LogP contribution in [-0.2, 0) is 0 Å². The summed E-state index contributed by atoms with van der Waals surface area (Å²) in [5.41, 5.74) is 0.667. The van der Waals surface area contributed by atoms with Crippen LogP contribution in [0, 0.1) is 5.41 Å². The lowest BCUT2D eigenvalue weighted by molar-refractivity contribution is 0.321. The number of fused-ring (bicyclic) bond motifs is 1. The molecule has 1 nitrogen and oxygen atoms in total. The van der Waals surface area contributed by atoms with Crippen LogP contribution in [0.25, 0.3) is 0 Å². The van der Waals surface area contributed by atoms with E-state index in [1.54, 1.807) is 0 Å². The lowest BCUT2D eigenvalue weighted by Gasteiger charge is -2.21. The summed E-state index contributed by atoms with van der Waals surface area (Å²) in [6, 6.07) is 1.68. The van der Waals surface area contributed by atoms with Gasteiger partial charge >= 0.3 is 0 Å². The Labute approximate surface area is 82.6 Å². The first-order chi connectivity index (χ1) is 6.24. The van der Waals surface area contributed by atoms with E-state index in [9.17, 15) is 0 Å². The van der Waals surface area contributed by atoms with E-state index in [-0.39, 0.29) is 0 Å². The molecule has 2 fully saturated rings. The van der Waals surface area contributed by atoms with Gasteiger partial charge in [-0.2, -0.15) is 0 Å². The first kappa shape index (κ1) is 10.8. The van der Waals surface area contributed by atoms with Crippen molar-refractivity contribution in [2.24, 2.45) is 5.41 Å². The Morgan fingerprint density at radius 2 is 2.15 bits per heavy atom. The van der Waals surface area contributed by atoms with Gasteiger partial charge in [0.1, 0.15) is 0 Å². The van der Waals surface area contributed by atoms with Crippen molar-refractivity contribution in [1.82, 2.24) is 5.32 Å². The van der Waals surface area contributed by atoms with Gasteiger partial charge in [0.15, 0.2) is 0 Å². The summed E-state index contributed by atoms with van der Waals surface area (Å²) in [4.78, 5) is 0. The first-order valence-electron chi connectivity index (χ1n) is 5.50. The second kappa shape index (κ2) is 4.28. The first-order valence-corrected chi connectivity index (χ1v) is 5.50. The molecule has 1 N–H and O–H groups in total. The third-order valence-electron chi connectivity index (χ3n) is 3.72. The van der Waals surface area contributed by atoms with Crippen LogP contribution in [0.3, 0.4) is 0 Å².